The maximum absolute atomic E-state index is 15.1. The highest BCUT2D eigenvalue weighted by Gasteiger charge is 2.41. The third kappa shape index (κ3) is 7.83. The van der Waals surface area contributed by atoms with Crippen molar-refractivity contribution in [3.63, 3.8) is 0 Å². The minimum Gasteiger partial charge on any atom is -0.309 e. The van der Waals surface area contributed by atoms with Crippen molar-refractivity contribution in [3.05, 3.63) is 214 Å². The molecule has 0 N–H and O–H groups in total. The molecule has 0 aliphatic carbocycles. The van der Waals surface area contributed by atoms with Gasteiger partial charge in [-0.2, -0.15) is 63.2 Å². The molecule has 0 saturated carbocycles. The fourth-order valence-electron chi connectivity index (χ4n) is 10.6. The minimum atomic E-state index is -5.24. The predicted molar refractivity (Wildman–Crippen MR) is 280 cm³/mol. The zero-order valence-electron chi connectivity index (χ0n) is 39.9. The first-order chi connectivity index (χ1) is 37.6. The van der Waals surface area contributed by atoms with Gasteiger partial charge in [0.15, 0.2) is 0 Å². The van der Waals surface area contributed by atoms with Gasteiger partial charge < -0.3 is 9.13 Å². The van der Waals surface area contributed by atoms with Gasteiger partial charge in [0.05, 0.1) is 126 Å². The van der Waals surface area contributed by atoms with E-state index in [0.29, 0.717) is 84.2 Å². The summed E-state index contributed by atoms with van der Waals surface area (Å²) < 4.78 is 94.0. The van der Waals surface area contributed by atoms with Crippen molar-refractivity contribution in [1.82, 2.24) is 9.13 Å². The minimum absolute atomic E-state index is 0.0724. The summed E-state index contributed by atoms with van der Waals surface area (Å²) in [6, 6.07) is 55.4. The lowest BCUT2D eigenvalue weighted by molar-refractivity contribution is -0.142. The van der Waals surface area contributed by atoms with E-state index in [0.717, 1.165) is 0 Å². The molecule has 9 aromatic carbocycles. The van der Waals surface area contributed by atoms with E-state index in [-0.39, 0.29) is 61.3 Å². The molecule has 11 aromatic rings. The lowest BCUT2D eigenvalue weighted by Crippen LogP contribution is -2.14. The number of nitrogens with zero attached hydrogens (tertiary/aromatic N) is 9. The van der Waals surface area contributed by atoms with Gasteiger partial charge in [0, 0.05) is 49.4 Å². The third-order valence-corrected chi connectivity index (χ3v) is 13.8. The number of hydrogen-bond donors (Lipinski definition) is 0. The molecule has 9 nitrogen and oxygen atoms in total. The van der Waals surface area contributed by atoms with Crippen LogP contribution in [0.2, 0.25) is 0 Å². The standard InChI is InChI=1S/C63H27F6N9/c64-62(65,66)51-8-5-9-52(63(67,68)69)61(51)40-15-19-58(78-54-11-4-2-7-46(54)49-26-39(14-18-57(49)78)60-43(33-75)22-37(30-72)23-44(60)34-76)50(27-40)47-24-35(28-70)12-16-55(47)77-53-10-3-1-6-45(53)48-25-38(13-17-56(48)77)59-41(31-73)20-36(29-71)21-42(59)32-74/h1-27H. The van der Waals surface area contributed by atoms with Crippen LogP contribution in [0.3, 0.4) is 0 Å². The van der Waals surface area contributed by atoms with Crippen molar-refractivity contribution in [2.45, 2.75) is 12.4 Å². The Labute approximate surface area is 438 Å². The number of fused-ring (bicyclic) bond motifs is 6. The Morgan fingerprint density at radius 3 is 1.09 bits per heavy atom. The first-order valence-corrected chi connectivity index (χ1v) is 23.5. The molecule has 0 aliphatic heterocycles. The van der Waals surface area contributed by atoms with Gasteiger partial charge >= 0.3 is 12.4 Å². The summed E-state index contributed by atoms with van der Waals surface area (Å²) in [5.74, 6) is 0. The maximum Gasteiger partial charge on any atom is 0.417 e. The highest BCUT2D eigenvalue weighted by atomic mass is 19.4. The molecular formula is C63H27F6N9. The molecular weight excluding hydrogens is 997 g/mol. The number of alkyl halides is 6. The Hall–Kier alpha value is -11.4. The lowest BCUT2D eigenvalue weighted by Gasteiger charge is -2.22. The van der Waals surface area contributed by atoms with Crippen LogP contribution >= 0.6 is 0 Å². The zero-order valence-corrected chi connectivity index (χ0v) is 39.9. The molecule has 2 aromatic heterocycles. The summed E-state index contributed by atoms with van der Waals surface area (Å²) in [6.07, 6.45) is -10.5. The predicted octanol–water partition coefficient (Wildman–Crippen LogP) is 15.7. The largest absolute Gasteiger partial charge is 0.417 e. The van der Waals surface area contributed by atoms with Crippen molar-refractivity contribution in [2.75, 3.05) is 0 Å². The van der Waals surface area contributed by atoms with Gasteiger partial charge in [0.1, 0.15) is 0 Å². The van der Waals surface area contributed by atoms with Crippen LogP contribution < -0.4 is 0 Å². The van der Waals surface area contributed by atoms with Crippen molar-refractivity contribution in [3.8, 4) is 98.4 Å². The molecule has 78 heavy (non-hydrogen) atoms. The van der Waals surface area contributed by atoms with Gasteiger partial charge in [-0.1, -0.05) is 60.7 Å². The van der Waals surface area contributed by atoms with E-state index >= 15 is 26.3 Å². The quantitative estimate of drug-likeness (QED) is 0.149. The van der Waals surface area contributed by atoms with E-state index in [1.165, 1.54) is 48.5 Å². The Kier molecular flexibility index (Phi) is 11.6. The number of aromatic nitrogens is 2. The fraction of sp³-hybridized carbons (Fsp3) is 0.0317. The molecule has 0 amide bonds. The van der Waals surface area contributed by atoms with Gasteiger partial charge in [-0.3, -0.25) is 0 Å². The molecule has 0 bridgehead atoms. The molecule has 0 spiro atoms. The molecule has 11 rings (SSSR count). The summed E-state index contributed by atoms with van der Waals surface area (Å²) in [4.78, 5) is 0. The molecule has 0 saturated heterocycles. The average molecular weight is 1020 g/mol. The smallest absolute Gasteiger partial charge is 0.309 e. The Morgan fingerprint density at radius 2 is 0.679 bits per heavy atom. The van der Waals surface area contributed by atoms with Gasteiger partial charge in [-0.15, -0.1) is 0 Å². The van der Waals surface area contributed by atoms with E-state index in [1.807, 2.05) is 34.9 Å². The van der Waals surface area contributed by atoms with Gasteiger partial charge in [0.2, 0.25) is 0 Å². The van der Waals surface area contributed by atoms with Crippen LogP contribution in [0, 0.1) is 79.3 Å². The number of hydrogen-bond acceptors (Lipinski definition) is 7. The number of benzene rings is 9. The second kappa shape index (κ2) is 18.5. The zero-order chi connectivity index (χ0) is 54.8. The summed E-state index contributed by atoms with van der Waals surface area (Å²) in [7, 11) is 0. The summed E-state index contributed by atoms with van der Waals surface area (Å²) >= 11 is 0. The molecule has 366 valence electrons. The Balaban J connectivity index is 1.25. The van der Waals surface area contributed by atoms with E-state index in [2.05, 4.69) is 30.3 Å². The summed E-state index contributed by atoms with van der Waals surface area (Å²) in [6.45, 7) is 0. The molecule has 15 heteroatoms. The highest BCUT2D eigenvalue weighted by Crippen LogP contribution is 2.49. The summed E-state index contributed by atoms with van der Waals surface area (Å²) in [5.41, 5.74) is 0.712. The maximum atomic E-state index is 15.1. The van der Waals surface area contributed by atoms with Crippen molar-refractivity contribution >= 4 is 43.6 Å². The van der Waals surface area contributed by atoms with E-state index in [4.69, 9.17) is 0 Å². The van der Waals surface area contributed by atoms with E-state index in [1.54, 1.807) is 83.4 Å². The first-order valence-electron chi connectivity index (χ1n) is 23.5. The van der Waals surface area contributed by atoms with Crippen LogP contribution in [-0.2, 0) is 12.4 Å². The SMILES string of the molecule is N#Cc1cc(C#N)c(-c2ccc3c(c2)c2ccccc2n3-c2ccc(C#N)cc2-c2cc(-c3c(C(F)(F)F)cccc3C(F)(F)F)ccc2-n2c3ccccc3c3cc(-c4c(C#N)cc(C#N)cc4C#N)ccc32)c(C#N)c1. The molecule has 0 radical (unpaired) electrons. The second-order valence-electron chi connectivity index (χ2n) is 18.0. The van der Waals surface area contributed by atoms with Gasteiger partial charge in [-0.25, -0.2) is 0 Å². The van der Waals surface area contributed by atoms with E-state index < -0.39 is 34.6 Å². The molecule has 2 heterocycles. The number of para-hydroxylation sites is 2. The monoisotopic (exact) mass is 1020 g/mol. The fourth-order valence-corrected chi connectivity index (χ4v) is 10.6. The molecule has 0 unspecified atom stereocenters. The van der Waals surface area contributed by atoms with Crippen LogP contribution in [0.1, 0.15) is 50.1 Å². The average Bonchev–Trinajstić information content (AvgIpc) is 4.17. The number of rotatable bonds is 6. The number of halogens is 6. The van der Waals surface area contributed by atoms with Crippen LogP contribution in [0.5, 0.6) is 0 Å². The van der Waals surface area contributed by atoms with Gasteiger partial charge in [0.25, 0.3) is 0 Å². The van der Waals surface area contributed by atoms with Crippen LogP contribution in [0.15, 0.2) is 164 Å². The van der Waals surface area contributed by atoms with Crippen molar-refractivity contribution in [1.29, 1.82) is 36.8 Å². The van der Waals surface area contributed by atoms with E-state index in [9.17, 15) is 36.8 Å². The molecule has 0 fully saturated rings. The Bertz CT molecular complexity index is 4650. The molecule has 0 atom stereocenters. The van der Waals surface area contributed by atoms with Gasteiger partial charge in [-0.05, 0) is 120 Å². The topological polar surface area (TPSA) is 176 Å². The van der Waals surface area contributed by atoms with Crippen LogP contribution in [0.25, 0.3) is 99.5 Å². The van der Waals surface area contributed by atoms with Crippen LogP contribution in [-0.4, -0.2) is 9.13 Å². The third-order valence-electron chi connectivity index (χ3n) is 13.8. The normalized spacial score (nSPS) is 11.4. The summed E-state index contributed by atoms with van der Waals surface area (Å²) in [5, 5.41) is 73.3. The number of nitriles is 7. The lowest BCUT2D eigenvalue weighted by atomic mass is 9.89. The van der Waals surface area contributed by atoms with Crippen molar-refractivity contribution in [2.24, 2.45) is 0 Å². The molecule has 0 aliphatic rings. The van der Waals surface area contributed by atoms with Crippen LogP contribution in [0.4, 0.5) is 26.3 Å². The van der Waals surface area contributed by atoms with Crippen molar-refractivity contribution < 1.29 is 26.3 Å². The Morgan fingerprint density at radius 1 is 0.308 bits per heavy atom. The first kappa shape index (κ1) is 48.8. The highest BCUT2D eigenvalue weighted by molar-refractivity contribution is 6.13. The second-order valence-corrected chi connectivity index (χ2v) is 18.0.